The molecular formula is C9H17N3. The summed E-state index contributed by atoms with van der Waals surface area (Å²) in [5.41, 5.74) is 6.59. The molecule has 0 aliphatic heterocycles. The predicted octanol–water partition coefficient (Wildman–Crippen LogP) is 1.93. The van der Waals surface area contributed by atoms with Crippen molar-refractivity contribution in [1.29, 1.82) is 0 Å². The zero-order valence-electron chi connectivity index (χ0n) is 7.88. The van der Waals surface area contributed by atoms with Crippen molar-refractivity contribution < 1.29 is 0 Å². The lowest BCUT2D eigenvalue weighted by Gasteiger charge is -2.17. The number of rotatable bonds is 1. The Hall–Kier alpha value is -0.860. The van der Waals surface area contributed by atoms with Crippen LogP contribution in [0.5, 0.6) is 0 Å². The van der Waals surface area contributed by atoms with Crippen LogP contribution in [0.1, 0.15) is 39.5 Å². The molecule has 0 bridgehead atoms. The second-order valence-corrected chi connectivity index (χ2v) is 3.61. The molecule has 0 heterocycles. The van der Waals surface area contributed by atoms with Crippen molar-refractivity contribution in [3.05, 3.63) is 0 Å². The van der Waals surface area contributed by atoms with Crippen LogP contribution in [0.2, 0.25) is 0 Å². The Bertz CT molecular complexity index is 202. The summed E-state index contributed by atoms with van der Waals surface area (Å²) in [6.07, 6.45) is 4.77. The highest BCUT2D eigenvalue weighted by Crippen LogP contribution is 2.21. The van der Waals surface area contributed by atoms with E-state index >= 15 is 0 Å². The second-order valence-electron chi connectivity index (χ2n) is 3.61. The Morgan fingerprint density at radius 3 is 2.92 bits per heavy atom. The fourth-order valence-corrected chi connectivity index (χ4v) is 1.50. The van der Waals surface area contributed by atoms with Crippen molar-refractivity contribution in [2.75, 3.05) is 0 Å². The first-order chi connectivity index (χ1) is 5.68. The first-order valence-electron chi connectivity index (χ1n) is 4.54. The monoisotopic (exact) mass is 167 g/mol. The molecule has 3 heteroatoms. The molecule has 0 saturated heterocycles. The van der Waals surface area contributed by atoms with Gasteiger partial charge in [-0.15, -0.1) is 5.10 Å². The summed E-state index contributed by atoms with van der Waals surface area (Å²) in [5.74, 6) is 1.31. The van der Waals surface area contributed by atoms with Gasteiger partial charge in [0.25, 0.3) is 0 Å². The molecule has 12 heavy (non-hydrogen) atoms. The zero-order valence-corrected chi connectivity index (χ0v) is 7.88. The molecule has 0 aromatic heterocycles. The molecule has 0 amide bonds. The van der Waals surface area contributed by atoms with E-state index in [1.165, 1.54) is 18.6 Å². The van der Waals surface area contributed by atoms with Crippen LogP contribution >= 0.6 is 0 Å². The van der Waals surface area contributed by atoms with Crippen LogP contribution in [0.3, 0.4) is 0 Å². The molecule has 2 N–H and O–H groups in total. The maximum atomic E-state index is 5.39. The van der Waals surface area contributed by atoms with Crippen LogP contribution in [-0.2, 0) is 0 Å². The van der Waals surface area contributed by atoms with E-state index in [-0.39, 0.29) is 0 Å². The Morgan fingerprint density at radius 1 is 1.58 bits per heavy atom. The highest BCUT2D eigenvalue weighted by atomic mass is 15.2. The van der Waals surface area contributed by atoms with E-state index in [2.05, 4.69) is 17.1 Å². The van der Waals surface area contributed by atoms with Gasteiger partial charge in [0, 0.05) is 5.71 Å². The molecular weight excluding hydrogens is 150 g/mol. The minimum Gasteiger partial charge on any atom is -0.386 e. The Kier molecular flexibility index (Phi) is 3.26. The lowest BCUT2D eigenvalue weighted by molar-refractivity contribution is 0.499. The van der Waals surface area contributed by atoms with Crippen LogP contribution in [0, 0.1) is 5.92 Å². The minimum absolute atomic E-state index is 0.542. The number of nitrogens with zero attached hydrogens (tertiary/aromatic N) is 2. The number of nitrogens with two attached hydrogens (primary N) is 1. The smallest absolute Gasteiger partial charge is 0.119 e. The maximum absolute atomic E-state index is 5.39. The summed E-state index contributed by atoms with van der Waals surface area (Å²) in [6.45, 7) is 4.02. The third kappa shape index (κ3) is 3.03. The summed E-state index contributed by atoms with van der Waals surface area (Å²) < 4.78 is 0. The fraction of sp³-hybridized carbons (Fsp3) is 0.778. The third-order valence-corrected chi connectivity index (χ3v) is 2.10. The lowest BCUT2D eigenvalue weighted by atomic mass is 9.89. The van der Waals surface area contributed by atoms with E-state index in [0.29, 0.717) is 5.84 Å². The number of amidine groups is 1. The number of hydrogen-bond donors (Lipinski definition) is 1. The molecule has 1 atom stereocenters. The topological polar surface area (TPSA) is 50.7 Å². The van der Waals surface area contributed by atoms with E-state index < -0.39 is 0 Å². The van der Waals surface area contributed by atoms with Crippen molar-refractivity contribution in [1.82, 2.24) is 0 Å². The molecule has 1 aliphatic carbocycles. The normalized spacial score (nSPS) is 29.3. The van der Waals surface area contributed by atoms with Gasteiger partial charge >= 0.3 is 0 Å². The summed E-state index contributed by atoms with van der Waals surface area (Å²) in [5, 5.41) is 7.98. The Labute approximate surface area is 73.8 Å². The van der Waals surface area contributed by atoms with Crippen LogP contribution in [0.4, 0.5) is 0 Å². The van der Waals surface area contributed by atoms with Gasteiger partial charge < -0.3 is 5.73 Å². The molecule has 0 aromatic rings. The van der Waals surface area contributed by atoms with E-state index in [0.717, 1.165) is 18.8 Å². The van der Waals surface area contributed by atoms with Crippen LogP contribution in [0.15, 0.2) is 10.2 Å². The molecule has 0 spiro atoms. The van der Waals surface area contributed by atoms with Crippen molar-refractivity contribution in [2.24, 2.45) is 21.9 Å². The second kappa shape index (κ2) is 4.24. The van der Waals surface area contributed by atoms with Crippen LogP contribution in [-0.4, -0.2) is 11.5 Å². The molecule has 1 aliphatic rings. The molecule has 0 unspecified atom stereocenters. The third-order valence-electron chi connectivity index (χ3n) is 2.10. The van der Waals surface area contributed by atoms with Gasteiger partial charge in [0.2, 0.25) is 0 Å². The quantitative estimate of drug-likeness (QED) is 0.362. The van der Waals surface area contributed by atoms with Gasteiger partial charge in [-0.2, -0.15) is 5.10 Å². The summed E-state index contributed by atoms with van der Waals surface area (Å²) in [6, 6.07) is 0. The molecule has 0 aromatic carbocycles. The molecule has 1 saturated carbocycles. The first kappa shape index (κ1) is 9.23. The molecule has 1 fully saturated rings. The van der Waals surface area contributed by atoms with Crippen molar-refractivity contribution in [3.63, 3.8) is 0 Å². The Morgan fingerprint density at radius 2 is 2.33 bits per heavy atom. The zero-order chi connectivity index (χ0) is 8.97. The average molecular weight is 167 g/mol. The van der Waals surface area contributed by atoms with Crippen LogP contribution < -0.4 is 5.73 Å². The van der Waals surface area contributed by atoms with Gasteiger partial charge in [0.1, 0.15) is 5.84 Å². The maximum Gasteiger partial charge on any atom is 0.119 e. The minimum atomic E-state index is 0.542. The van der Waals surface area contributed by atoms with Crippen molar-refractivity contribution in [2.45, 2.75) is 39.5 Å². The summed E-state index contributed by atoms with van der Waals surface area (Å²) >= 11 is 0. The molecule has 3 nitrogen and oxygen atoms in total. The SMILES string of the molecule is C/C(N)=N/N=C1/CCC[C@H](C)C1. The summed E-state index contributed by atoms with van der Waals surface area (Å²) in [4.78, 5) is 0. The van der Waals surface area contributed by atoms with E-state index in [1.807, 2.05) is 0 Å². The Balaban J connectivity index is 2.51. The highest BCUT2D eigenvalue weighted by molar-refractivity contribution is 5.86. The van der Waals surface area contributed by atoms with E-state index in [9.17, 15) is 0 Å². The fourth-order valence-electron chi connectivity index (χ4n) is 1.50. The average Bonchev–Trinajstić information content (AvgIpc) is 2.01. The van der Waals surface area contributed by atoms with Gasteiger partial charge in [-0.1, -0.05) is 6.92 Å². The predicted molar refractivity (Wildman–Crippen MR) is 52.4 cm³/mol. The first-order valence-corrected chi connectivity index (χ1v) is 4.54. The lowest BCUT2D eigenvalue weighted by Crippen LogP contribution is -2.13. The van der Waals surface area contributed by atoms with Gasteiger partial charge in [-0.25, -0.2) is 0 Å². The van der Waals surface area contributed by atoms with Crippen LogP contribution in [0.25, 0.3) is 0 Å². The van der Waals surface area contributed by atoms with Gasteiger partial charge in [-0.3, -0.25) is 0 Å². The number of hydrogen-bond acceptors (Lipinski definition) is 2. The van der Waals surface area contributed by atoms with E-state index in [1.54, 1.807) is 6.92 Å². The van der Waals surface area contributed by atoms with Gasteiger partial charge in [0.05, 0.1) is 0 Å². The largest absolute Gasteiger partial charge is 0.386 e. The van der Waals surface area contributed by atoms with Gasteiger partial charge in [0.15, 0.2) is 0 Å². The van der Waals surface area contributed by atoms with Gasteiger partial charge in [-0.05, 0) is 38.5 Å². The molecule has 68 valence electrons. The highest BCUT2D eigenvalue weighted by Gasteiger charge is 2.13. The molecule has 0 radical (unpaired) electrons. The van der Waals surface area contributed by atoms with Crippen molar-refractivity contribution >= 4 is 11.5 Å². The standard InChI is InChI=1S/C9H17N3/c1-7-4-3-5-9(6-7)12-11-8(2)10/h7H,3-6H2,1-2H3,(H2,10,11)/b12-9-/t7-/m0/s1. The summed E-state index contributed by atoms with van der Waals surface area (Å²) in [7, 11) is 0. The van der Waals surface area contributed by atoms with Crippen molar-refractivity contribution in [3.8, 4) is 0 Å². The van der Waals surface area contributed by atoms with E-state index in [4.69, 9.17) is 5.73 Å². The molecule has 1 rings (SSSR count).